The van der Waals surface area contributed by atoms with Crippen LogP contribution in [0, 0.1) is 0 Å². The Bertz CT molecular complexity index is 474. The van der Waals surface area contributed by atoms with E-state index >= 15 is 0 Å². The van der Waals surface area contributed by atoms with Crippen LogP contribution in [-0.2, 0) is 9.59 Å². The van der Waals surface area contributed by atoms with Gasteiger partial charge in [-0.1, -0.05) is 12.1 Å². The van der Waals surface area contributed by atoms with Crippen molar-refractivity contribution in [3.63, 3.8) is 0 Å². The van der Waals surface area contributed by atoms with E-state index < -0.39 is 0 Å². The maximum absolute atomic E-state index is 11.9. The molecule has 1 aliphatic heterocycles. The number of rotatable bonds is 5. The fraction of sp³-hybridized carbons (Fsp3) is 0.429. The van der Waals surface area contributed by atoms with E-state index in [0.29, 0.717) is 31.0 Å². The summed E-state index contributed by atoms with van der Waals surface area (Å²) in [4.78, 5) is 24.9. The van der Waals surface area contributed by atoms with Crippen LogP contribution >= 0.6 is 0 Å². The third kappa shape index (κ3) is 3.47. The van der Waals surface area contributed by atoms with Gasteiger partial charge >= 0.3 is 0 Å². The highest BCUT2D eigenvalue weighted by atomic mass is 16.5. The van der Waals surface area contributed by atoms with E-state index in [4.69, 9.17) is 4.74 Å². The standard InChI is InChI=1S/C14H18N2O3/c1-2-19-12-7-4-3-6-11(12)15-13(17)10-16-9-5-8-14(16)18/h3-4,6-7H,2,5,8-10H2,1H3,(H,15,17). The summed E-state index contributed by atoms with van der Waals surface area (Å²) in [6.07, 6.45) is 1.38. The predicted molar refractivity (Wildman–Crippen MR) is 72.1 cm³/mol. The fourth-order valence-electron chi connectivity index (χ4n) is 2.09. The molecule has 1 aromatic carbocycles. The van der Waals surface area contributed by atoms with Crippen LogP contribution in [0.5, 0.6) is 5.75 Å². The van der Waals surface area contributed by atoms with Crippen LogP contribution in [0.25, 0.3) is 0 Å². The zero-order chi connectivity index (χ0) is 13.7. The Labute approximate surface area is 112 Å². The van der Waals surface area contributed by atoms with Gasteiger partial charge in [0.1, 0.15) is 5.75 Å². The minimum absolute atomic E-state index is 0.0493. The topological polar surface area (TPSA) is 58.6 Å². The van der Waals surface area contributed by atoms with Crippen molar-refractivity contribution in [2.75, 3.05) is 25.0 Å². The van der Waals surface area contributed by atoms with Crippen LogP contribution in [0.1, 0.15) is 19.8 Å². The number of likely N-dealkylation sites (tertiary alicyclic amines) is 1. The minimum Gasteiger partial charge on any atom is -0.492 e. The smallest absolute Gasteiger partial charge is 0.244 e. The molecule has 1 fully saturated rings. The summed E-state index contributed by atoms with van der Waals surface area (Å²) >= 11 is 0. The second-order valence-corrected chi connectivity index (χ2v) is 4.40. The lowest BCUT2D eigenvalue weighted by molar-refractivity contribution is -0.131. The van der Waals surface area contributed by atoms with E-state index in [1.165, 1.54) is 0 Å². The van der Waals surface area contributed by atoms with Crippen molar-refractivity contribution in [3.05, 3.63) is 24.3 Å². The third-order valence-corrected chi connectivity index (χ3v) is 2.97. The van der Waals surface area contributed by atoms with Crippen LogP contribution in [0.15, 0.2) is 24.3 Å². The number of carbonyl (C=O) groups is 2. The van der Waals surface area contributed by atoms with Gasteiger partial charge in [-0.05, 0) is 25.5 Å². The molecule has 0 aromatic heterocycles. The molecular formula is C14H18N2O3. The van der Waals surface area contributed by atoms with Crippen molar-refractivity contribution in [1.29, 1.82) is 0 Å². The fourth-order valence-corrected chi connectivity index (χ4v) is 2.09. The molecule has 5 heteroatoms. The number of benzene rings is 1. The first-order valence-corrected chi connectivity index (χ1v) is 6.50. The second kappa shape index (κ2) is 6.22. The molecule has 1 saturated heterocycles. The number of para-hydroxylation sites is 2. The third-order valence-electron chi connectivity index (χ3n) is 2.97. The van der Waals surface area contributed by atoms with Gasteiger partial charge in [0.25, 0.3) is 0 Å². The van der Waals surface area contributed by atoms with Gasteiger partial charge in [0, 0.05) is 13.0 Å². The van der Waals surface area contributed by atoms with E-state index in [1.807, 2.05) is 19.1 Å². The monoisotopic (exact) mass is 262 g/mol. The van der Waals surface area contributed by atoms with Crippen LogP contribution in [0.2, 0.25) is 0 Å². The van der Waals surface area contributed by atoms with Gasteiger partial charge < -0.3 is 15.0 Å². The zero-order valence-electron chi connectivity index (χ0n) is 11.0. The lowest BCUT2D eigenvalue weighted by atomic mass is 10.3. The van der Waals surface area contributed by atoms with Gasteiger partial charge in [-0.3, -0.25) is 9.59 Å². The molecule has 2 rings (SSSR count). The second-order valence-electron chi connectivity index (χ2n) is 4.40. The van der Waals surface area contributed by atoms with E-state index in [9.17, 15) is 9.59 Å². The molecule has 0 radical (unpaired) electrons. The molecule has 0 spiro atoms. The summed E-state index contributed by atoms with van der Waals surface area (Å²) in [7, 11) is 0. The number of hydrogen-bond acceptors (Lipinski definition) is 3. The predicted octanol–water partition coefficient (Wildman–Crippen LogP) is 1.65. The van der Waals surface area contributed by atoms with Gasteiger partial charge in [0.05, 0.1) is 18.8 Å². The van der Waals surface area contributed by atoms with E-state index in [0.717, 1.165) is 6.42 Å². The quantitative estimate of drug-likeness (QED) is 0.877. The molecule has 0 unspecified atom stereocenters. The Morgan fingerprint density at radius 2 is 2.21 bits per heavy atom. The first kappa shape index (κ1) is 13.4. The average Bonchev–Trinajstić information content (AvgIpc) is 2.78. The van der Waals surface area contributed by atoms with Crippen molar-refractivity contribution >= 4 is 17.5 Å². The van der Waals surface area contributed by atoms with Crippen molar-refractivity contribution < 1.29 is 14.3 Å². The summed E-state index contributed by atoms with van der Waals surface area (Å²) in [6.45, 7) is 3.21. The SMILES string of the molecule is CCOc1ccccc1NC(=O)CN1CCCC1=O. The zero-order valence-corrected chi connectivity index (χ0v) is 11.0. The highest BCUT2D eigenvalue weighted by molar-refractivity contribution is 5.96. The van der Waals surface area contributed by atoms with Gasteiger partial charge in [-0.2, -0.15) is 0 Å². The molecular weight excluding hydrogens is 244 g/mol. The molecule has 0 aliphatic carbocycles. The van der Waals surface area contributed by atoms with Crippen molar-refractivity contribution in [2.24, 2.45) is 0 Å². The highest BCUT2D eigenvalue weighted by Gasteiger charge is 2.22. The molecule has 19 heavy (non-hydrogen) atoms. The Kier molecular flexibility index (Phi) is 4.39. The molecule has 1 heterocycles. The maximum atomic E-state index is 11.9. The van der Waals surface area contributed by atoms with Gasteiger partial charge in [0.15, 0.2) is 0 Å². The number of hydrogen-bond donors (Lipinski definition) is 1. The lowest BCUT2D eigenvalue weighted by Crippen LogP contribution is -2.34. The largest absolute Gasteiger partial charge is 0.492 e. The van der Waals surface area contributed by atoms with Crippen LogP contribution < -0.4 is 10.1 Å². The molecule has 0 atom stereocenters. The minimum atomic E-state index is -0.192. The molecule has 102 valence electrons. The summed E-state index contributed by atoms with van der Waals surface area (Å²) in [5.41, 5.74) is 0.640. The van der Waals surface area contributed by atoms with Crippen molar-refractivity contribution in [2.45, 2.75) is 19.8 Å². The molecule has 5 nitrogen and oxygen atoms in total. The summed E-state index contributed by atoms with van der Waals surface area (Å²) in [5, 5.41) is 2.78. The first-order chi connectivity index (χ1) is 9.20. The number of nitrogens with zero attached hydrogens (tertiary/aromatic N) is 1. The van der Waals surface area contributed by atoms with Crippen LogP contribution in [-0.4, -0.2) is 36.4 Å². The van der Waals surface area contributed by atoms with Crippen molar-refractivity contribution in [3.8, 4) is 5.75 Å². The maximum Gasteiger partial charge on any atom is 0.244 e. The molecule has 1 aromatic rings. The van der Waals surface area contributed by atoms with Gasteiger partial charge in [-0.15, -0.1) is 0 Å². The number of carbonyl (C=O) groups excluding carboxylic acids is 2. The molecule has 0 saturated carbocycles. The summed E-state index contributed by atoms with van der Waals surface area (Å²) in [6, 6.07) is 7.28. The van der Waals surface area contributed by atoms with Crippen LogP contribution in [0.3, 0.4) is 0 Å². The Balaban J connectivity index is 1.96. The highest BCUT2D eigenvalue weighted by Crippen LogP contribution is 2.23. The van der Waals surface area contributed by atoms with E-state index in [-0.39, 0.29) is 18.4 Å². The van der Waals surface area contributed by atoms with E-state index in [2.05, 4.69) is 5.32 Å². The summed E-state index contributed by atoms with van der Waals surface area (Å²) < 4.78 is 5.43. The normalized spacial score (nSPS) is 14.6. The lowest BCUT2D eigenvalue weighted by Gasteiger charge is -2.16. The van der Waals surface area contributed by atoms with Gasteiger partial charge in [-0.25, -0.2) is 0 Å². The number of nitrogens with one attached hydrogen (secondary N) is 1. The molecule has 2 amide bonds. The van der Waals surface area contributed by atoms with Gasteiger partial charge in [0.2, 0.25) is 11.8 Å². The Hall–Kier alpha value is -2.04. The number of anilines is 1. The molecule has 1 N–H and O–H groups in total. The first-order valence-electron chi connectivity index (χ1n) is 6.50. The number of ether oxygens (including phenoxy) is 1. The molecule has 0 bridgehead atoms. The Morgan fingerprint density at radius 1 is 1.42 bits per heavy atom. The Morgan fingerprint density at radius 3 is 2.89 bits per heavy atom. The van der Waals surface area contributed by atoms with Crippen LogP contribution in [0.4, 0.5) is 5.69 Å². The van der Waals surface area contributed by atoms with E-state index in [1.54, 1.807) is 17.0 Å². The average molecular weight is 262 g/mol. The van der Waals surface area contributed by atoms with Crippen molar-refractivity contribution in [1.82, 2.24) is 4.90 Å². The molecule has 1 aliphatic rings. The summed E-state index contributed by atoms with van der Waals surface area (Å²) in [5.74, 6) is 0.502. The number of amides is 2.